The Labute approximate surface area is 157 Å². The number of nitrogens with zero attached hydrogens (tertiary/aromatic N) is 2. The van der Waals surface area contributed by atoms with Gasteiger partial charge in [0.2, 0.25) is 11.8 Å². The summed E-state index contributed by atoms with van der Waals surface area (Å²) in [6, 6.07) is 9.03. The van der Waals surface area contributed by atoms with Crippen molar-refractivity contribution in [1.82, 2.24) is 15.6 Å². The Morgan fingerprint density at radius 2 is 2.07 bits per heavy atom. The molecule has 2 amide bonds. The summed E-state index contributed by atoms with van der Waals surface area (Å²) in [6.07, 6.45) is 1.46. The smallest absolute Gasteiger partial charge is 0.270 e. The lowest BCUT2D eigenvalue weighted by Crippen LogP contribution is -2.36. The molecule has 0 aliphatic rings. The summed E-state index contributed by atoms with van der Waals surface area (Å²) in [4.78, 5) is 39.2. The van der Waals surface area contributed by atoms with Crippen molar-refractivity contribution in [3.8, 4) is 10.8 Å². The van der Waals surface area contributed by atoms with Gasteiger partial charge in [0, 0.05) is 17.7 Å². The van der Waals surface area contributed by atoms with E-state index in [2.05, 4.69) is 15.6 Å². The van der Waals surface area contributed by atoms with Gasteiger partial charge in [-0.2, -0.15) is 0 Å². The van der Waals surface area contributed by atoms with Gasteiger partial charge in [-0.3, -0.25) is 19.7 Å². The van der Waals surface area contributed by atoms with Gasteiger partial charge in [-0.25, -0.2) is 4.98 Å². The first-order chi connectivity index (χ1) is 13.0. The lowest BCUT2D eigenvalue weighted by atomic mass is 10.2. The van der Waals surface area contributed by atoms with E-state index >= 15 is 0 Å². The largest absolute Gasteiger partial charge is 0.443 e. The Hall–Kier alpha value is -3.53. The average Bonchev–Trinajstić information content (AvgIpc) is 3.35. The topological polar surface area (TPSA) is 127 Å². The number of oxazole rings is 1. The summed E-state index contributed by atoms with van der Waals surface area (Å²) in [6.45, 7) is -0.114. The van der Waals surface area contributed by atoms with Crippen LogP contribution in [0.15, 0.2) is 52.5 Å². The molecule has 9 nitrogen and oxygen atoms in total. The third-order valence-electron chi connectivity index (χ3n) is 3.48. The number of nitro groups is 1. The van der Waals surface area contributed by atoms with Crippen molar-refractivity contribution in [2.75, 3.05) is 6.54 Å². The lowest BCUT2D eigenvalue weighted by molar-refractivity contribution is -0.384. The molecular weight excluding hydrogens is 372 g/mol. The first-order valence-corrected chi connectivity index (χ1v) is 8.68. The molecular formula is C17H14N4O5S. The van der Waals surface area contributed by atoms with Crippen LogP contribution >= 0.6 is 11.3 Å². The minimum atomic E-state index is -0.591. The number of aromatic nitrogens is 1. The van der Waals surface area contributed by atoms with Crippen molar-refractivity contribution >= 4 is 28.8 Å². The van der Waals surface area contributed by atoms with Crippen molar-refractivity contribution in [3.63, 3.8) is 0 Å². The monoisotopic (exact) mass is 386 g/mol. The minimum absolute atomic E-state index is 0.106. The second kappa shape index (κ2) is 8.23. The van der Waals surface area contributed by atoms with Crippen LogP contribution in [0.5, 0.6) is 0 Å². The Morgan fingerprint density at radius 1 is 1.22 bits per heavy atom. The molecule has 0 aliphatic carbocycles. The summed E-state index contributed by atoms with van der Waals surface area (Å²) >= 11 is 1.49. The molecule has 2 aromatic heterocycles. The summed E-state index contributed by atoms with van der Waals surface area (Å²) in [5.41, 5.74) is 0.463. The van der Waals surface area contributed by atoms with Crippen molar-refractivity contribution < 1.29 is 18.9 Å². The predicted octanol–water partition coefficient (Wildman–Crippen LogP) is 2.36. The van der Waals surface area contributed by atoms with E-state index in [1.807, 2.05) is 17.5 Å². The molecule has 2 N–H and O–H groups in total. The third kappa shape index (κ3) is 4.76. The second-order valence-corrected chi connectivity index (χ2v) is 6.34. The molecule has 0 saturated carbocycles. The maximum absolute atomic E-state index is 12.0. The fourth-order valence-corrected chi connectivity index (χ4v) is 2.83. The molecule has 0 atom stereocenters. The van der Waals surface area contributed by atoms with Gasteiger partial charge in [0.05, 0.1) is 28.6 Å². The van der Waals surface area contributed by atoms with Gasteiger partial charge in [-0.1, -0.05) is 12.1 Å². The number of thiophene rings is 1. The van der Waals surface area contributed by atoms with E-state index in [9.17, 15) is 19.7 Å². The standard InChI is InChI=1S/C17H14N4O5S/c22-15(9-19-16(23)11-3-1-4-13(7-11)21(24)25)18-8-12-10-26-17(20-12)14-5-2-6-27-14/h1-7,10H,8-9H2,(H,18,22)(H,19,23). The molecule has 138 valence electrons. The van der Waals surface area contributed by atoms with E-state index in [-0.39, 0.29) is 24.3 Å². The second-order valence-electron chi connectivity index (χ2n) is 5.39. The number of non-ortho nitro benzene ring substituents is 1. The quantitative estimate of drug-likeness (QED) is 0.474. The zero-order valence-corrected chi connectivity index (χ0v) is 14.7. The fraction of sp³-hybridized carbons (Fsp3) is 0.118. The molecule has 3 aromatic rings. The number of hydrogen-bond donors (Lipinski definition) is 2. The van der Waals surface area contributed by atoms with Gasteiger partial charge in [-0.05, 0) is 17.5 Å². The number of carbonyl (C=O) groups excluding carboxylic acids is 2. The van der Waals surface area contributed by atoms with Crippen LogP contribution in [0, 0.1) is 10.1 Å². The Kier molecular flexibility index (Phi) is 5.57. The maximum atomic E-state index is 12.0. The predicted molar refractivity (Wildman–Crippen MR) is 97.1 cm³/mol. The molecule has 0 saturated heterocycles. The molecule has 0 aliphatic heterocycles. The van der Waals surface area contributed by atoms with Gasteiger partial charge in [0.15, 0.2) is 0 Å². The molecule has 27 heavy (non-hydrogen) atoms. The number of hydrogen-bond acceptors (Lipinski definition) is 7. The number of rotatable bonds is 7. The van der Waals surface area contributed by atoms with Crippen LogP contribution in [-0.2, 0) is 11.3 Å². The van der Waals surface area contributed by atoms with Crippen LogP contribution in [0.25, 0.3) is 10.8 Å². The van der Waals surface area contributed by atoms with Crippen molar-refractivity contribution in [3.05, 3.63) is 69.4 Å². The number of nitrogens with one attached hydrogen (secondary N) is 2. The highest BCUT2D eigenvalue weighted by atomic mass is 32.1. The number of benzene rings is 1. The summed E-state index contributed by atoms with van der Waals surface area (Å²) < 4.78 is 5.35. The fourth-order valence-electron chi connectivity index (χ4n) is 2.18. The number of amides is 2. The van der Waals surface area contributed by atoms with Crippen LogP contribution in [0.3, 0.4) is 0 Å². The normalized spacial score (nSPS) is 10.4. The van der Waals surface area contributed by atoms with Crippen molar-refractivity contribution in [2.45, 2.75) is 6.54 Å². The van der Waals surface area contributed by atoms with Crippen molar-refractivity contribution in [1.29, 1.82) is 0 Å². The molecule has 3 rings (SSSR count). The van der Waals surface area contributed by atoms with Crippen LogP contribution in [-0.4, -0.2) is 28.3 Å². The molecule has 0 spiro atoms. The van der Waals surface area contributed by atoms with Crippen molar-refractivity contribution in [2.24, 2.45) is 0 Å². The first kappa shape index (κ1) is 18.3. The van der Waals surface area contributed by atoms with E-state index in [0.717, 1.165) is 10.9 Å². The summed E-state index contributed by atoms with van der Waals surface area (Å²) in [5, 5.41) is 17.7. The molecule has 10 heteroatoms. The van der Waals surface area contributed by atoms with Gasteiger partial charge in [0.25, 0.3) is 11.6 Å². The Bertz CT molecular complexity index is 967. The van der Waals surface area contributed by atoms with Crippen LogP contribution in [0.1, 0.15) is 16.1 Å². The van der Waals surface area contributed by atoms with Crippen LogP contribution < -0.4 is 10.6 Å². The highest BCUT2D eigenvalue weighted by Crippen LogP contribution is 2.23. The van der Waals surface area contributed by atoms with E-state index in [0.29, 0.717) is 11.6 Å². The SMILES string of the molecule is O=C(CNC(=O)c1cccc([N+](=O)[O-])c1)NCc1coc(-c2cccs2)n1. The summed E-state index contributed by atoms with van der Waals surface area (Å²) in [7, 11) is 0. The molecule has 0 radical (unpaired) electrons. The van der Waals surface area contributed by atoms with E-state index in [1.165, 1.54) is 35.8 Å². The third-order valence-corrected chi connectivity index (χ3v) is 4.34. The van der Waals surface area contributed by atoms with Gasteiger partial charge < -0.3 is 15.1 Å². The van der Waals surface area contributed by atoms with Gasteiger partial charge >= 0.3 is 0 Å². The highest BCUT2D eigenvalue weighted by Gasteiger charge is 2.13. The van der Waals surface area contributed by atoms with Gasteiger partial charge in [0.1, 0.15) is 6.26 Å². The molecule has 1 aromatic carbocycles. The zero-order valence-electron chi connectivity index (χ0n) is 13.9. The summed E-state index contributed by atoms with van der Waals surface area (Å²) in [5.74, 6) is -0.516. The van der Waals surface area contributed by atoms with E-state index < -0.39 is 16.7 Å². The number of nitro benzene ring substituents is 1. The average molecular weight is 386 g/mol. The van der Waals surface area contributed by atoms with E-state index in [1.54, 1.807) is 0 Å². The van der Waals surface area contributed by atoms with Crippen LogP contribution in [0.2, 0.25) is 0 Å². The Balaban J connectivity index is 1.48. The van der Waals surface area contributed by atoms with Gasteiger partial charge in [-0.15, -0.1) is 11.3 Å². The molecule has 0 bridgehead atoms. The molecule has 0 unspecified atom stereocenters. The first-order valence-electron chi connectivity index (χ1n) is 7.80. The lowest BCUT2D eigenvalue weighted by Gasteiger charge is -2.06. The molecule has 2 heterocycles. The Morgan fingerprint density at radius 3 is 2.81 bits per heavy atom. The molecule has 0 fully saturated rings. The minimum Gasteiger partial charge on any atom is -0.443 e. The highest BCUT2D eigenvalue weighted by molar-refractivity contribution is 7.13. The number of carbonyl (C=O) groups is 2. The zero-order chi connectivity index (χ0) is 19.2. The van der Waals surface area contributed by atoms with Crippen LogP contribution in [0.4, 0.5) is 5.69 Å². The maximum Gasteiger partial charge on any atom is 0.270 e. The van der Waals surface area contributed by atoms with E-state index in [4.69, 9.17) is 4.42 Å².